The van der Waals surface area contributed by atoms with Gasteiger partial charge >= 0.3 is 0 Å². The maximum Gasteiger partial charge on any atom is 0.296 e. The van der Waals surface area contributed by atoms with Crippen molar-refractivity contribution in [1.82, 2.24) is 5.32 Å². The van der Waals surface area contributed by atoms with Gasteiger partial charge in [-0.2, -0.15) is 8.42 Å². The molecule has 5 nitrogen and oxygen atoms in total. The van der Waals surface area contributed by atoms with Gasteiger partial charge in [0.2, 0.25) is 0 Å². The number of rotatable bonds is 4. The van der Waals surface area contributed by atoms with E-state index in [0.29, 0.717) is 11.1 Å². The van der Waals surface area contributed by atoms with E-state index in [1.165, 1.54) is 18.2 Å². The van der Waals surface area contributed by atoms with Gasteiger partial charge in [-0.3, -0.25) is 8.98 Å². The SMILES string of the molecule is C#CCNC(=O)c1ccc(S(=O)(=O)OC)c(C)c1. The lowest BCUT2D eigenvalue weighted by Gasteiger charge is -2.07. The summed E-state index contributed by atoms with van der Waals surface area (Å²) >= 11 is 0. The van der Waals surface area contributed by atoms with Gasteiger partial charge in [0.25, 0.3) is 16.0 Å². The number of hydrogen-bond acceptors (Lipinski definition) is 4. The van der Waals surface area contributed by atoms with Crippen molar-refractivity contribution < 1.29 is 17.4 Å². The third-order valence-corrected chi connectivity index (χ3v) is 3.71. The van der Waals surface area contributed by atoms with Gasteiger partial charge in [-0.1, -0.05) is 5.92 Å². The topological polar surface area (TPSA) is 72.5 Å². The first kappa shape index (κ1) is 14.2. The van der Waals surface area contributed by atoms with Crippen molar-refractivity contribution in [2.24, 2.45) is 0 Å². The third kappa shape index (κ3) is 3.09. The Morgan fingerprint density at radius 1 is 1.50 bits per heavy atom. The Morgan fingerprint density at radius 2 is 2.17 bits per heavy atom. The molecule has 0 aliphatic rings. The molecular formula is C12H13NO4S. The van der Waals surface area contributed by atoms with Crippen LogP contribution in [0.5, 0.6) is 0 Å². The second-order valence-electron chi connectivity index (χ2n) is 3.49. The number of terminal acetylenes is 1. The number of nitrogens with one attached hydrogen (secondary N) is 1. The summed E-state index contributed by atoms with van der Waals surface area (Å²) in [7, 11) is -2.67. The van der Waals surface area contributed by atoms with Crippen LogP contribution in [0.4, 0.5) is 0 Å². The molecule has 0 bridgehead atoms. The monoisotopic (exact) mass is 267 g/mol. The van der Waals surface area contributed by atoms with Crippen LogP contribution in [0.25, 0.3) is 0 Å². The molecule has 96 valence electrons. The molecule has 0 atom stereocenters. The van der Waals surface area contributed by atoms with Crippen molar-refractivity contribution in [1.29, 1.82) is 0 Å². The first-order valence-corrected chi connectivity index (χ1v) is 6.46. The summed E-state index contributed by atoms with van der Waals surface area (Å²) in [6.45, 7) is 1.71. The summed E-state index contributed by atoms with van der Waals surface area (Å²) in [5.74, 6) is 1.93. The molecule has 0 unspecified atom stereocenters. The first-order valence-electron chi connectivity index (χ1n) is 5.05. The average Bonchev–Trinajstić information content (AvgIpc) is 2.35. The van der Waals surface area contributed by atoms with Gasteiger partial charge in [-0.15, -0.1) is 6.42 Å². The van der Waals surface area contributed by atoms with Crippen molar-refractivity contribution in [2.75, 3.05) is 13.7 Å². The summed E-state index contributed by atoms with van der Waals surface area (Å²) < 4.78 is 27.5. The maximum atomic E-state index is 11.6. The van der Waals surface area contributed by atoms with Gasteiger partial charge < -0.3 is 5.32 Å². The third-order valence-electron chi connectivity index (χ3n) is 2.28. The normalized spacial score (nSPS) is 10.7. The average molecular weight is 267 g/mol. The van der Waals surface area contributed by atoms with E-state index in [4.69, 9.17) is 6.42 Å². The Kier molecular flexibility index (Phi) is 4.48. The highest BCUT2D eigenvalue weighted by molar-refractivity contribution is 7.86. The Labute approximate surface area is 106 Å². The molecule has 18 heavy (non-hydrogen) atoms. The minimum absolute atomic E-state index is 0.0403. The lowest BCUT2D eigenvalue weighted by Crippen LogP contribution is -2.23. The van der Waals surface area contributed by atoms with Crippen molar-refractivity contribution >= 4 is 16.0 Å². The first-order chi connectivity index (χ1) is 8.42. The van der Waals surface area contributed by atoms with Gasteiger partial charge in [0.1, 0.15) is 0 Å². The molecule has 6 heteroatoms. The van der Waals surface area contributed by atoms with Crippen LogP contribution < -0.4 is 5.32 Å². The van der Waals surface area contributed by atoms with Crippen LogP contribution in [0.2, 0.25) is 0 Å². The van der Waals surface area contributed by atoms with Gasteiger partial charge in [0.05, 0.1) is 18.6 Å². The summed E-state index contributed by atoms with van der Waals surface area (Å²) in [6.07, 6.45) is 5.02. The fraction of sp³-hybridized carbons (Fsp3) is 0.250. The van der Waals surface area contributed by atoms with E-state index in [0.717, 1.165) is 7.11 Å². The van der Waals surface area contributed by atoms with Crippen molar-refractivity contribution in [3.63, 3.8) is 0 Å². The van der Waals surface area contributed by atoms with Crippen LogP contribution in [0, 0.1) is 19.3 Å². The predicted molar refractivity (Wildman–Crippen MR) is 66.5 cm³/mol. The van der Waals surface area contributed by atoms with Crippen LogP contribution >= 0.6 is 0 Å². The Morgan fingerprint density at radius 3 is 2.67 bits per heavy atom. The molecule has 0 spiro atoms. The lowest BCUT2D eigenvalue weighted by atomic mass is 10.1. The summed E-state index contributed by atoms with van der Waals surface area (Å²) in [4.78, 5) is 11.6. The minimum atomic E-state index is -3.75. The molecule has 1 aromatic carbocycles. The molecule has 0 aliphatic heterocycles. The predicted octanol–water partition coefficient (Wildman–Crippen LogP) is 0.693. The number of amides is 1. The molecule has 0 heterocycles. The number of benzene rings is 1. The van der Waals surface area contributed by atoms with Crippen LogP contribution in [0.15, 0.2) is 23.1 Å². The van der Waals surface area contributed by atoms with E-state index >= 15 is 0 Å². The molecule has 0 fully saturated rings. The summed E-state index contributed by atoms with van der Waals surface area (Å²) in [5, 5.41) is 2.49. The molecule has 0 saturated carbocycles. The largest absolute Gasteiger partial charge is 0.341 e. The van der Waals surface area contributed by atoms with Crippen molar-refractivity contribution in [3.05, 3.63) is 29.3 Å². The second-order valence-corrected chi connectivity index (χ2v) is 5.17. The minimum Gasteiger partial charge on any atom is -0.341 e. The fourth-order valence-corrected chi connectivity index (χ4v) is 2.26. The van der Waals surface area contributed by atoms with Crippen LogP contribution in [-0.2, 0) is 14.3 Å². The lowest BCUT2D eigenvalue weighted by molar-refractivity contribution is 0.0958. The van der Waals surface area contributed by atoms with Crippen molar-refractivity contribution in [3.8, 4) is 12.3 Å². The van der Waals surface area contributed by atoms with Crippen LogP contribution in [0.3, 0.4) is 0 Å². The smallest absolute Gasteiger partial charge is 0.296 e. The van der Waals surface area contributed by atoms with E-state index in [-0.39, 0.29) is 17.3 Å². The van der Waals surface area contributed by atoms with Crippen LogP contribution in [0.1, 0.15) is 15.9 Å². The van der Waals surface area contributed by atoms with E-state index in [1.807, 2.05) is 0 Å². The highest BCUT2D eigenvalue weighted by Gasteiger charge is 2.17. The number of carbonyl (C=O) groups is 1. The van der Waals surface area contributed by atoms with E-state index < -0.39 is 10.1 Å². The molecule has 1 rings (SSSR count). The van der Waals surface area contributed by atoms with Crippen LogP contribution in [-0.4, -0.2) is 28.0 Å². The fourth-order valence-electron chi connectivity index (χ4n) is 1.39. The summed E-state index contributed by atoms with van der Waals surface area (Å²) in [6, 6.07) is 4.21. The second kappa shape index (κ2) is 5.67. The van der Waals surface area contributed by atoms with Crippen molar-refractivity contribution in [2.45, 2.75) is 11.8 Å². The maximum absolute atomic E-state index is 11.6. The van der Waals surface area contributed by atoms with E-state index in [1.54, 1.807) is 6.92 Å². The number of carbonyl (C=O) groups excluding carboxylic acids is 1. The van der Waals surface area contributed by atoms with Gasteiger partial charge in [0.15, 0.2) is 0 Å². The molecule has 1 amide bonds. The zero-order chi connectivity index (χ0) is 13.8. The Hall–Kier alpha value is -1.84. The summed E-state index contributed by atoms with van der Waals surface area (Å²) in [5.41, 5.74) is 0.781. The molecule has 0 saturated heterocycles. The molecule has 0 aromatic heterocycles. The zero-order valence-corrected chi connectivity index (χ0v) is 10.9. The van der Waals surface area contributed by atoms with Gasteiger partial charge in [-0.05, 0) is 30.7 Å². The Balaban J connectivity index is 3.08. The van der Waals surface area contributed by atoms with Gasteiger partial charge in [0, 0.05) is 5.56 Å². The van der Waals surface area contributed by atoms with E-state index in [9.17, 15) is 13.2 Å². The molecule has 0 aliphatic carbocycles. The standard InChI is InChI=1S/C12H13NO4S/c1-4-7-13-12(14)10-5-6-11(9(2)8-10)18(15,16)17-3/h1,5-6,8H,7H2,2-3H3,(H,13,14). The number of hydrogen-bond donors (Lipinski definition) is 1. The molecule has 1 N–H and O–H groups in total. The highest BCUT2D eigenvalue weighted by Crippen LogP contribution is 2.18. The van der Waals surface area contributed by atoms with E-state index in [2.05, 4.69) is 15.4 Å². The number of aryl methyl sites for hydroxylation is 1. The zero-order valence-electron chi connectivity index (χ0n) is 10.1. The Bertz CT molecular complexity index is 599. The molecule has 1 aromatic rings. The molecular weight excluding hydrogens is 254 g/mol. The van der Waals surface area contributed by atoms with Gasteiger partial charge in [-0.25, -0.2) is 0 Å². The quantitative estimate of drug-likeness (QED) is 0.643. The molecule has 0 radical (unpaired) electrons. The highest BCUT2D eigenvalue weighted by atomic mass is 32.2.